The lowest BCUT2D eigenvalue weighted by Crippen LogP contribution is -2.51. The second-order valence-electron chi connectivity index (χ2n) is 8.85. The number of likely N-dealkylation sites (tertiary alicyclic amines) is 1. The number of amides is 1. The van der Waals surface area contributed by atoms with Crippen LogP contribution in [0.5, 0.6) is 0 Å². The molecule has 1 amide bonds. The number of carbonyl (C=O) groups excluding carboxylic acids is 2. The molecule has 1 aromatic rings. The molecule has 1 N–H and O–H groups in total. The van der Waals surface area contributed by atoms with Crippen molar-refractivity contribution in [3.05, 3.63) is 35.4 Å². The van der Waals surface area contributed by atoms with Gasteiger partial charge in [-0.25, -0.2) is 0 Å². The van der Waals surface area contributed by atoms with Crippen LogP contribution < -0.4 is 5.32 Å². The summed E-state index contributed by atoms with van der Waals surface area (Å²) in [4.78, 5) is 27.4. The fourth-order valence-electron chi connectivity index (χ4n) is 3.67. The number of hydrogen-bond donors (Lipinski definition) is 1. The smallest absolute Gasteiger partial charge is 0.292 e. The van der Waals surface area contributed by atoms with Crippen LogP contribution >= 0.6 is 0 Å². The first-order valence-corrected chi connectivity index (χ1v) is 10.5. The number of Topliss-reactive ketones (excluding diaryl/α,β-unsaturated/α-hetero) is 1. The van der Waals surface area contributed by atoms with Crippen molar-refractivity contribution >= 4 is 11.7 Å². The number of carbonyl (C=O) groups is 2. The van der Waals surface area contributed by atoms with Gasteiger partial charge in [-0.3, -0.25) is 9.59 Å². The van der Waals surface area contributed by atoms with Crippen LogP contribution in [0.2, 0.25) is 0 Å². The summed E-state index contributed by atoms with van der Waals surface area (Å²) >= 11 is 0. The van der Waals surface area contributed by atoms with Crippen molar-refractivity contribution in [2.24, 2.45) is 5.92 Å². The Morgan fingerprint density at radius 3 is 2.46 bits per heavy atom. The van der Waals surface area contributed by atoms with Gasteiger partial charge < -0.3 is 15.0 Å². The van der Waals surface area contributed by atoms with E-state index in [2.05, 4.69) is 37.9 Å². The van der Waals surface area contributed by atoms with Gasteiger partial charge in [-0.1, -0.05) is 52.0 Å². The van der Waals surface area contributed by atoms with Crippen LogP contribution in [0.4, 0.5) is 0 Å². The minimum absolute atomic E-state index is 0.0237. The highest BCUT2D eigenvalue weighted by molar-refractivity contribution is 6.42. The number of ether oxygens (including phenoxy) is 1. The summed E-state index contributed by atoms with van der Waals surface area (Å²) in [5, 5.41) is 2.97. The molecule has 1 aromatic carbocycles. The summed E-state index contributed by atoms with van der Waals surface area (Å²) in [6.07, 6.45) is 1.90. The third-order valence-electron chi connectivity index (χ3n) is 5.49. The maximum atomic E-state index is 12.5. The van der Waals surface area contributed by atoms with Crippen LogP contribution in [0.1, 0.15) is 63.4 Å². The van der Waals surface area contributed by atoms with Crippen LogP contribution in [0.15, 0.2) is 24.3 Å². The summed E-state index contributed by atoms with van der Waals surface area (Å²) in [6, 6.07) is 7.43. The molecular weight excluding hydrogens is 352 g/mol. The molecule has 5 heteroatoms. The van der Waals surface area contributed by atoms with E-state index in [1.807, 2.05) is 19.1 Å². The highest BCUT2D eigenvalue weighted by atomic mass is 16.5. The van der Waals surface area contributed by atoms with Gasteiger partial charge in [0.25, 0.3) is 5.91 Å². The Labute approximate surface area is 169 Å². The maximum absolute atomic E-state index is 12.5. The van der Waals surface area contributed by atoms with Crippen molar-refractivity contribution in [2.75, 3.05) is 32.8 Å². The minimum atomic E-state index is -0.495. The van der Waals surface area contributed by atoms with E-state index in [0.29, 0.717) is 11.5 Å². The van der Waals surface area contributed by atoms with Crippen LogP contribution in [0.25, 0.3) is 0 Å². The number of benzene rings is 1. The number of hydrogen-bond acceptors (Lipinski definition) is 4. The molecule has 1 heterocycles. The average Bonchev–Trinajstić information content (AvgIpc) is 2.66. The third-order valence-corrected chi connectivity index (χ3v) is 5.49. The highest BCUT2D eigenvalue weighted by Crippen LogP contribution is 2.22. The number of ketones is 1. The van der Waals surface area contributed by atoms with Crippen LogP contribution in [0.3, 0.4) is 0 Å². The SMILES string of the molecule is CCOCCCN1CCC(NC(=O)C(=O)c2ccc(C(C)(C)C)cc2)C(C)C1. The fourth-order valence-corrected chi connectivity index (χ4v) is 3.67. The molecule has 1 aliphatic rings. The molecule has 0 saturated carbocycles. The van der Waals surface area contributed by atoms with E-state index in [1.54, 1.807) is 12.1 Å². The van der Waals surface area contributed by atoms with Crippen molar-refractivity contribution in [3.8, 4) is 0 Å². The molecular formula is C23H36N2O3. The van der Waals surface area contributed by atoms with E-state index < -0.39 is 11.7 Å². The van der Waals surface area contributed by atoms with Crippen molar-refractivity contribution in [1.82, 2.24) is 10.2 Å². The molecule has 1 aliphatic heterocycles. The highest BCUT2D eigenvalue weighted by Gasteiger charge is 2.29. The van der Waals surface area contributed by atoms with Crippen LogP contribution in [-0.4, -0.2) is 55.5 Å². The van der Waals surface area contributed by atoms with Crippen molar-refractivity contribution in [2.45, 2.75) is 58.9 Å². The number of piperidine rings is 1. The molecule has 0 spiro atoms. The first-order chi connectivity index (χ1) is 13.2. The van der Waals surface area contributed by atoms with Gasteiger partial charge in [-0.15, -0.1) is 0 Å². The summed E-state index contributed by atoms with van der Waals surface area (Å²) in [5.74, 6) is -0.627. The van der Waals surface area contributed by atoms with E-state index in [1.165, 1.54) is 0 Å². The number of nitrogens with zero attached hydrogens (tertiary/aromatic N) is 1. The zero-order valence-electron chi connectivity index (χ0n) is 18.1. The summed E-state index contributed by atoms with van der Waals surface area (Å²) < 4.78 is 5.40. The molecule has 0 radical (unpaired) electrons. The summed E-state index contributed by atoms with van der Waals surface area (Å²) in [5.41, 5.74) is 1.62. The first-order valence-electron chi connectivity index (χ1n) is 10.5. The Balaban J connectivity index is 1.84. The largest absolute Gasteiger partial charge is 0.382 e. The van der Waals surface area contributed by atoms with Gasteiger partial charge in [0.05, 0.1) is 0 Å². The number of rotatable bonds is 8. The molecule has 0 aliphatic carbocycles. The lowest BCUT2D eigenvalue weighted by molar-refractivity contribution is -0.118. The lowest BCUT2D eigenvalue weighted by atomic mass is 9.86. The van der Waals surface area contributed by atoms with Gasteiger partial charge in [0, 0.05) is 44.5 Å². The maximum Gasteiger partial charge on any atom is 0.292 e. The third kappa shape index (κ3) is 6.42. The topological polar surface area (TPSA) is 58.6 Å². The Bertz CT molecular complexity index is 649. The lowest BCUT2D eigenvalue weighted by Gasteiger charge is -2.37. The quantitative estimate of drug-likeness (QED) is 0.421. The van der Waals surface area contributed by atoms with Gasteiger partial charge in [-0.05, 0) is 36.7 Å². The molecule has 156 valence electrons. The number of nitrogens with one attached hydrogen (secondary N) is 1. The molecule has 2 rings (SSSR count). The molecule has 5 nitrogen and oxygen atoms in total. The van der Waals surface area contributed by atoms with Gasteiger partial charge in [0.1, 0.15) is 0 Å². The van der Waals surface area contributed by atoms with Gasteiger partial charge in [-0.2, -0.15) is 0 Å². The van der Waals surface area contributed by atoms with E-state index >= 15 is 0 Å². The second kappa shape index (κ2) is 10.2. The predicted molar refractivity (Wildman–Crippen MR) is 113 cm³/mol. The molecule has 28 heavy (non-hydrogen) atoms. The standard InChI is InChI=1S/C23H36N2O3/c1-6-28-15-7-13-25-14-12-20(17(2)16-25)24-22(27)21(26)18-8-10-19(11-9-18)23(3,4)5/h8-11,17,20H,6-7,12-16H2,1-5H3,(H,24,27). The van der Waals surface area contributed by atoms with Crippen LogP contribution in [-0.2, 0) is 14.9 Å². The van der Waals surface area contributed by atoms with Crippen LogP contribution in [0, 0.1) is 5.92 Å². The Morgan fingerprint density at radius 1 is 1.21 bits per heavy atom. The predicted octanol–water partition coefficient (Wildman–Crippen LogP) is 3.42. The van der Waals surface area contributed by atoms with E-state index in [0.717, 1.165) is 51.3 Å². The molecule has 2 atom stereocenters. The Kier molecular flexibility index (Phi) is 8.20. The van der Waals surface area contributed by atoms with E-state index in [9.17, 15) is 9.59 Å². The molecule has 2 unspecified atom stereocenters. The molecule has 0 bridgehead atoms. The van der Waals surface area contributed by atoms with Gasteiger partial charge >= 0.3 is 0 Å². The van der Waals surface area contributed by atoms with Crippen molar-refractivity contribution in [3.63, 3.8) is 0 Å². The normalized spacial score (nSPS) is 20.8. The van der Waals surface area contributed by atoms with Gasteiger partial charge in [0.15, 0.2) is 0 Å². The average molecular weight is 389 g/mol. The zero-order valence-corrected chi connectivity index (χ0v) is 18.1. The van der Waals surface area contributed by atoms with Gasteiger partial charge in [0.2, 0.25) is 5.78 Å². The van der Waals surface area contributed by atoms with E-state index in [4.69, 9.17) is 4.74 Å². The Hall–Kier alpha value is -1.72. The van der Waals surface area contributed by atoms with Crippen molar-refractivity contribution in [1.29, 1.82) is 0 Å². The monoisotopic (exact) mass is 388 g/mol. The zero-order chi connectivity index (χ0) is 20.7. The summed E-state index contributed by atoms with van der Waals surface area (Å²) in [7, 11) is 0. The fraction of sp³-hybridized carbons (Fsp3) is 0.652. The van der Waals surface area contributed by atoms with E-state index in [-0.39, 0.29) is 11.5 Å². The van der Waals surface area contributed by atoms with Crippen molar-refractivity contribution < 1.29 is 14.3 Å². The molecule has 1 saturated heterocycles. The molecule has 1 fully saturated rings. The first kappa shape index (κ1) is 22.6. The summed E-state index contributed by atoms with van der Waals surface area (Å²) in [6.45, 7) is 15.0. The molecule has 0 aromatic heterocycles. The Morgan fingerprint density at radius 2 is 1.89 bits per heavy atom. The minimum Gasteiger partial charge on any atom is -0.382 e. The second-order valence-corrected chi connectivity index (χ2v) is 8.85.